The van der Waals surface area contributed by atoms with E-state index in [4.69, 9.17) is 5.73 Å². The quantitative estimate of drug-likeness (QED) is 0.912. The molecule has 1 fully saturated rings. The predicted molar refractivity (Wildman–Crippen MR) is 83.3 cm³/mol. The number of halogens is 1. The molecule has 2 atom stereocenters. The van der Waals surface area contributed by atoms with E-state index >= 15 is 0 Å². The summed E-state index contributed by atoms with van der Waals surface area (Å²) in [5.41, 5.74) is 5.83. The van der Waals surface area contributed by atoms with Gasteiger partial charge in [-0.15, -0.1) is 11.3 Å². The van der Waals surface area contributed by atoms with Crippen molar-refractivity contribution < 1.29 is 4.79 Å². The van der Waals surface area contributed by atoms with Crippen molar-refractivity contribution in [3.8, 4) is 0 Å². The number of likely N-dealkylation sites (tertiary alicyclic amines) is 1. The van der Waals surface area contributed by atoms with Crippen LogP contribution in [-0.2, 0) is 11.2 Å². The van der Waals surface area contributed by atoms with Gasteiger partial charge in [0.05, 0.1) is 0 Å². The van der Waals surface area contributed by atoms with Crippen molar-refractivity contribution in [1.29, 1.82) is 0 Å². The van der Waals surface area contributed by atoms with E-state index in [1.165, 1.54) is 11.3 Å². The van der Waals surface area contributed by atoms with E-state index in [2.05, 4.69) is 34.3 Å². The lowest BCUT2D eigenvalue weighted by molar-refractivity contribution is -0.136. The van der Waals surface area contributed by atoms with E-state index in [1.807, 2.05) is 4.90 Å². The highest BCUT2D eigenvalue weighted by atomic mass is 79.9. The molecule has 1 aromatic rings. The van der Waals surface area contributed by atoms with Crippen LogP contribution in [0.3, 0.4) is 0 Å². The fourth-order valence-electron chi connectivity index (χ4n) is 2.78. The van der Waals surface area contributed by atoms with Crippen molar-refractivity contribution >= 4 is 33.2 Å². The maximum Gasteiger partial charge on any atom is 0.223 e. The molecular formula is C14H21BrN2OS. The zero-order chi connectivity index (χ0) is 13.8. The molecule has 19 heavy (non-hydrogen) atoms. The van der Waals surface area contributed by atoms with Crippen LogP contribution in [0, 0.1) is 5.92 Å². The van der Waals surface area contributed by atoms with Crippen molar-refractivity contribution in [2.45, 2.75) is 38.6 Å². The molecule has 0 saturated carbocycles. The Balaban J connectivity index is 1.91. The summed E-state index contributed by atoms with van der Waals surface area (Å²) >= 11 is 5.15. The minimum absolute atomic E-state index is 0.233. The van der Waals surface area contributed by atoms with Gasteiger partial charge in [-0.25, -0.2) is 0 Å². The summed E-state index contributed by atoms with van der Waals surface area (Å²) in [5, 5.41) is 2.06. The minimum atomic E-state index is 0.233. The standard InChI is InChI=1S/C14H21BrN2OS/c1-10-3-2-6-17(13(10)8-16)14(18)5-4-12-7-11(15)9-19-12/h7,9-10,13H,2-6,8,16H2,1H3/t10-,13+/m1/s1. The third kappa shape index (κ3) is 3.80. The van der Waals surface area contributed by atoms with Gasteiger partial charge < -0.3 is 10.6 Å². The number of amides is 1. The topological polar surface area (TPSA) is 46.3 Å². The summed E-state index contributed by atoms with van der Waals surface area (Å²) in [4.78, 5) is 15.6. The minimum Gasteiger partial charge on any atom is -0.338 e. The third-order valence-electron chi connectivity index (χ3n) is 3.88. The summed E-state index contributed by atoms with van der Waals surface area (Å²) in [5.74, 6) is 0.783. The second-order valence-corrected chi connectivity index (χ2v) is 7.15. The zero-order valence-corrected chi connectivity index (χ0v) is 13.7. The largest absolute Gasteiger partial charge is 0.338 e. The molecule has 106 valence electrons. The molecule has 2 heterocycles. The molecule has 1 amide bonds. The van der Waals surface area contributed by atoms with E-state index < -0.39 is 0 Å². The number of hydrogen-bond donors (Lipinski definition) is 1. The fraction of sp³-hybridized carbons (Fsp3) is 0.643. The van der Waals surface area contributed by atoms with Crippen LogP contribution in [0.2, 0.25) is 0 Å². The maximum atomic E-state index is 12.4. The molecule has 2 N–H and O–H groups in total. The Bertz CT molecular complexity index is 435. The maximum absolute atomic E-state index is 12.4. The van der Waals surface area contributed by atoms with Gasteiger partial charge in [-0.3, -0.25) is 4.79 Å². The van der Waals surface area contributed by atoms with Crippen LogP contribution < -0.4 is 5.73 Å². The highest BCUT2D eigenvalue weighted by Crippen LogP contribution is 2.25. The first-order valence-corrected chi connectivity index (χ1v) is 8.51. The van der Waals surface area contributed by atoms with Crippen LogP contribution in [0.25, 0.3) is 0 Å². The average Bonchev–Trinajstić information content (AvgIpc) is 2.81. The van der Waals surface area contributed by atoms with E-state index in [0.29, 0.717) is 18.9 Å². The van der Waals surface area contributed by atoms with Crippen molar-refractivity contribution in [2.75, 3.05) is 13.1 Å². The fourth-order valence-corrected chi connectivity index (χ4v) is 4.23. The van der Waals surface area contributed by atoms with Crippen LogP contribution in [0.15, 0.2) is 15.9 Å². The molecule has 3 nitrogen and oxygen atoms in total. The van der Waals surface area contributed by atoms with Gasteiger partial charge in [0.25, 0.3) is 0 Å². The lowest BCUT2D eigenvalue weighted by atomic mass is 9.90. The molecule has 1 aliphatic heterocycles. The van der Waals surface area contributed by atoms with E-state index in [1.54, 1.807) is 11.3 Å². The van der Waals surface area contributed by atoms with Gasteiger partial charge in [0.15, 0.2) is 0 Å². The Labute approximate surface area is 127 Å². The molecule has 1 aromatic heterocycles. The number of piperidine rings is 1. The average molecular weight is 345 g/mol. The monoisotopic (exact) mass is 344 g/mol. The van der Waals surface area contributed by atoms with Gasteiger partial charge in [0.2, 0.25) is 5.91 Å². The summed E-state index contributed by atoms with van der Waals surface area (Å²) in [6.07, 6.45) is 3.71. The number of aryl methyl sites for hydroxylation is 1. The van der Waals surface area contributed by atoms with Crippen molar-refractivity contribution in [3.05, 3.63) is 20.8 Å². The van der Waals surface area contributed by atoms with E-state index in [-0.39, 0.29) is 11.9 Å². The number of carbonyl (C=O) groups excluding carboxylic acids is 1. The van der Waals surface area contributed by atoms with Gasteiger partial charge >= 0.3 is 0 Å². The van der Waals surface area contributed by atoms with Gasteiger partial charge in [-0.1, -0.05) is 6.92 Å². The van der Waals surface area contributed by atoms with Crippen LogP contribution in [0.1, 0.15) is 31.1 Å². The zero-order valence-electron chi connectivity index (χ0n) is 11.3. The van der Waals surface area contributed by atoms with Crippen molar-refractivity contribution in [3.63, 3.8) is 0 Å². The molecule has 0 unspecified atom stereocenters. The molecule has 0 aromatic carbocycles. The number of carbonyl (C=O) groups is 1. The first kappa shape index (κ1) is 15.0. The molecule has 0 spiro atoms. The lowest BCUT2D eigenvalue weighted by Gasteiger charge is -2.39. The lowest BCUT2D eigenvalue weighted by Crippen LogP contribution is -2.51. The Kier molecular flexibility index (Phi) is 5.42. The van der Waals surface area contributed by atoms with Crippen LogP contribution in [-0.4, -0.2) is 29.9 Å². The summed E-state index contributed by atoms with van der Waals surface area (Å²) in [7, 11) is 0. The molecule has 2 rings (SSSR count). The molecule has 0 radical (unpaired) electrons. The van der Waals surface area contributed by atoms with Gasteiger partial charge in [0.1, 0.15) is 0 Å². The molecule has 5 heteroatoms. The molecule has 1 saturated heterocycles. The second-order valence-electron chi connectivity index (χ2n) is 5.24. The third-order valence-corrected chi connectivity index (χ3v) is 5.64. The van der Waals surface area contributed by atoms with Crippen LogP contribution in [0.4, 0.5) is 0 Å². The predicted octanol–water partition coefficient (Wildman–Crippen LogP) is 3.03. The Hall–Kier alpha value is -0.390. The summed E-state index contributed by atoms with van der Waals surface area (Å²) in [6.45, 7) is 3.66. The second kappa shape index (κ2) is 6.86. The molecule has 0 aliphatic carbocycles. The van der Waals surface area contributed by atoms with Crippen LogP contribution >= 0.6 is 27.3 Å². The van der Waals surface area contributed by atoms with Crippen molar-refractivity contribution in [1.82, 2.24) is 4.90 Å². The number of thiophene rings is 1. The van der Waals surface area contributed by atoms with E-state index in [0.717, 1.165) is 23.9 Å². The Morgan fingerprint density at radius 2 is 2.42 bits per heavy atom. The SMILES string of the molecule is C[C@@H]1CCCN(C(=O)CCc2cc(Br)cs2)[C@H]1CN. The first-order valence-electron chi connectivity index (χ1n) is 6.84. The van der Waals surface area contributed by atoms with Gasteiger partial charge in [-0.2, -0.15) is 0 Å². The van der Waals surface area contributed by atoms with E-state index in [9.17, 15) is 4.79 Å². The van der Waals surface area contributed by atoms with Gasteiger partial charge in [-0.05, 0) is 47.2 Å². The highest BCUT2D eigenvalue weighted by Gasteiger charge is 2.30. The number of hydrogen-bond acceptors (Lipinski definition) is 3. The van der Waals surface area contributed by atoms with Crippen molar-refractivity contribution in [2.24, 2.45) is 11.7 Å². The van der Waals surface area contributed by atoms with Crippen LogP contribution in [0.5, 0.6) is 0 Å². The normalized spacial score (nSPS) is 23.6. The van der Waals surface area contributed by atoms with Gasteiger partial charge in [0, 0.05) is 40.3 Å². The molecular weight excluding hydrogens is 324 g/mol. The summed E-state index contributed by atoms with van der Waals surface area (Å²) in [6, 6.07) is 2.33. The Morgan fingerprint density at radius 1 is 1.63 bits per heavy atom. The Morgan fingerprint density at radius 3 is 3.05 bits per heavy atom. The highest BCUT2D eigenvalue weighted by molar-refractivity contribution is 9.10. The summed E-state index contributed by atoms with van der Waals surface area (Å²) < 4.78 is 1.10. The molecule has 1 aliphatic rings. The number of nitrogens with zero attached hydrogens (tertiary/aromatic N) is 1. The molecule has 0 bridgehead atoms. The first-order chi connectivity index (χ1) is 9.11. The number of rotatable bonds is 4. The smallest absolute Gasteiger partial charge is 0.223 e. The number of nitrogens with two attached hydrogens (primary N) is 1.